The van der Waals surface area contributed by atoms with Crippen molar-refractivity contribution >= 4 is 5.91 Å². The van der Waals surface area contributed by atoms with E-state index in [1.807, 2.05) is 24.3 Å². The summed E-state index contributed by atoms with van der Waals surface area (Å²) in [6, 6.07) is 7.47. The van der Waals surface area contributed by atoms with Gasteiger partial charge in [0.1, 0.15) is 11.5 Å². The van der Waals surface area contributed by atoms with Gasteiger partial charge < -0.3 is 20.1 Å². The topological polar surface area (TPSA) is 59.6 Å². The third-order valence-corrected chi connectivity index (χ3v) is 4.40. The van der Waals surface area contributed by atoms with Gasteiger partial charge in [-0.1, -0.05) is 6.92 Å². The van der Waals surface area contributed by atoms with Crippen molar-refractivity contribution in [2.75, 3.05) is 33.4 Å². The summed E-state index contributed by atoms with van der Waals surface area (Å²) in [5.41, 5.74) is 0.237. The summed E-state index contributed by atoms with van der Waals surface area (Å²) in [6.07, 6.45) is 3.46. The third-order valence-electron chi connectivity index (χ3n) is 4.40. The number of amides is 1. The van der Waals surface area contributed by atoms with Crippen molar-refractivity contribution < 1.29 is 14.3 Å². The molecule has 128 valence electrons. The molecule has 2 rings (SSSR count). The molecular formula is C18H28N2O3. The van der Waals surface area contributed by atoms with E-state index in [1.54, 1.807) is 7.11 Å². The Morgan fingerprint density at radius 1 is 1.22 bits per heavy atom. The number of methoxy groups -OCH3 is 1. The van der Waals surface area contributed by atoms with E-state index in [4.69, 9.17) is 9.47 Å². The molecule has 5 heteroatoms. The first-order valence-electron chi connectivity index (χ1n) is 8.36. The second-order valence-corrected chi connectivity index (χ2v) is 6.46. The van der Waals surface area contributed by atoms with Gasteiger partial charge in [0, 0.05) is 13.0 Å². The summed E-state index contributed by atoms with van der Waals surface area (Å²) in [7, 11) is 1.64. The highest BCUT2D eigenvalue weighted by molar-refractivity contribution is 5.75. The first-order valence-corrected chi connectivity index (χ1v) is 8.36. The van der Waals surface area contributed by atoms with Crippen LogP contribution in [0.5, 0.6) is 11.5 Å². The molecule has 0 unspecified atom stereocenters. The molecule has 0 spiro atoms. The zero-order valence-corrected chi connectivity index (χ0v) is 14.2. The van der Waals surface area contributed by atoms with E-state index in [-0.39, 0.29) is 11.3 Å². The average molecular weight is 320 g/mol. The molecule has 5 nitrogen and oxygen atoms in total. The van der Waals surface area contributed by atoms with Crippen LogP contribution in [0.2, 0.25) is 0 Å². The van der Waals surface area contributed by atoms with Crippen LogP contribution in [0.4, 0.5) is 0 Å². The minimum absolute atomic E-state index is 0.114. The predicted molar refractivity (Wildman–Crippen MR) is 90.9 cm³/mol. The Labute approximate surface area is 138 Å². The monoisotopic (exact) mass is 320 g/mol. The molecule has 1 aliphatic heterocycles. The quantitative estimate of drug-likeness (QED) is 0.722. The fourth-order valence-corrected chi connectivity index (χ4v) is 2.70. The summed E-state index contributed by atoms with van der Waals surface area (Å²) in [5.74, 6) is 1.72. The van der Waals surface area contributed by atoms with Crippen LogP contribution in [0.15, 0.2) is 24.3 Å². The lowest BCUT2D eigenvalue weighted by Gasteiger charge is -2.34. The molecule has 2 N–H and O–H groups in total. The molecule has 1 saturated heterocycles. The molecule has 0 bridgehead atoms. The van der Waals surface area contributed by atoms with E-state index in [2.05, 4.69) is 17.6 Å². The number of ether oxygens (including phenoxy) is 2. The lowest BCUT2D eigenvalue weighted by Crippen LogP contribution is -2.42. The van der Waals surface area contributed by atoms with Crippen molar-refractivity contribution in [1.29, 1.82) is 0 Å². The maximum Gasteiger partial charge on any atom is 0.220 e. The Hall–Kier alpha value is -1.75. The van der Waals surface area contributed by atoms with E-state index < -0.39 is 0 Å². The summed E-state index contributed by atoms with van der Waals surface area (Å²) in [6.45, 7) is 5.65. The largest absolute Gasteiger partial charge is 0.497 e. The fourth-order valence-electron chi connectivity index (χ4n) is 2.70. The van der Waals surface area contributed by atoms with Gasteiger partial charge in [0.25, 0.3) is 0 Å². The Morgan fingerprint density at radius 3 is 2.52 bits per heavy atom. The third kappa shape index (κ3) is 6.10. The fraction of sp³-hybridized carbons (Fsp3) is 0.611. The minimum Gasteiger partial charge on any atom is -0.497 e. The number of piperidine rings is 1. The highest BCUT2D eigenvalue weighted by Gasteiger charge is 2.26. The molecular weight excluding hydrogens is 292 g/mol. The molecule has 1 fully saturated rings. The maximum absolute atomic E-state index is 11.9. The van der Waals surface area contributed by atoms with Gasteiger partial charge in [0.2, 0.25) is 5.91 Å². The van der Waals surface area contributed by atoms with Crippen molar-refractivity contribution in [2.45, 2.75) is 32.6 Å². The SMILES string of the molecule is COc1ccc(OCCCC(=O)NCC2(C)CCNCC2)cc1. The van der Waals surface area contributed by atoms with Crippen LogP contribution in [-0.2, 0) is 4.79 Å². The number of benzene rings is 1. The molecule has 0 aromatic heterocycles. The first kappa shape index (κ1) is 17.6. The summed E-state index contributed by atoms with van der Waals surface area (Å²) < 4.78 is 10.7. The molecule has 1 aromatic carbocycles. The van der Waals surface area contributed by atoms with E-state index in [0.717, 1.165) is 50.4 Å². The minimum atomic E-state index is 0.114. The van der Waals surface area contributed by atoms with Gasteiger partial charge in [-0.05, 0) is 62.0 Å². The van der Waals surface area contributed by atoms with Crippen LogP contribution < -0.4 is 20.1 Å². The predicted octanol–water partition coefficient (Wildman–Crippen LogP) is 2.36. The molecule has 1 aliphatic rings. The van der Waals surface area contributed by atoms with Crippen molar-refractivity contribution in [3.8, 4) is 11.5 Å². The molecule has 0 aliphatic carbocycles. The van der Waals surface area contributed by atoms with Crippen LogP contribution in [0, 0.1) is 5.41 Å². The zero-order chi connectivity index (χ0) is 16.5. The van der Waals surface area contributed by atoms with Gasteiger partial charge in [-0.3, -0.25) is 4.79 Å². The van der Waals surface area contributed by atoms with Crippen molar-refractivity contribution in [2.24, 2.45) is 5.41 Å². The highest BCUT2D eigenvalue weighted by Crippen LogP contribution is 2.26. The average Bonchev–Trinajstić information content (AvgIpc) is 2.58. The number of nitrogens with one attached hydrogen (secondary N) is 2. The Bertz CT molecular complexity index is 482. The van der Waals surface area contributed by atoms with Crippen molar-refractivity contribution in [3.05, 3.63) is 24.3 Å². The Balaban J connectivity index is 1.59. The molecule has 1 aromatic rings. The van der Waals surface area contributed by atoms with E-state index in [0.29, 0.717) is 13.0 Å². The summed E-state index contributed by atoms with van der Waals surface area (Å²) >= 11 is 0. The number of carbonyl (C=O) groups excluding carboxylic acids is 1. The van der Waals surface area contributed by atoms with E-state index >= 15 is 0 Å². The second kappa shape index (κ2) is 8.77. The maximum atomic E-state index is 11.9. The smallest absolute Gasteiger partial charge is 0.220 e. The van der Waals surface area contributed by atoms with Gasteiger partial charge in [0.15, 0.2) is 0 Å². The lowest BCUT2D eigenvalue weighted by atomic mass is 9.81. The molecule has 0 saturated carbocycles. The number of rotatable bonds is 8. The van der Waals surface area contributed by atoms with Crippen molar-refractivity contribution in [1.82, 2.24) is 10.6 Å². The Morgan fingerprint density at radius 2 is 1.87 bits per heavy atom. The van der Waals surface area contributed by atoms with Crippen LogP contribution in [0.25, 0.3) is 0 Å². The van der Waals surface area contributed by atoms with Crippen LogP contribution in [0.3, 0.4) is 0 Å². The van der Waals surface area contributed by atoms with Gasteiger partial charge in [-0.25, -0.2) is 0 Å². The second-order valence-electron chi connectivity index (χ2n) is 6.46. The standard InChI is InChI=1S/C18H28N2O3/c1-18(9-11-19-12-10-18)14-20-17(21)4-3-13-23-16-7-5-15(22-2)6-8-16/h5-8,19H,3-4,9-14H2,1-2H3,(H,20,21). The lowest BCUT2D eigenvalue weighted by molar-refractivity contribution is -0.121. The van der Waals surface area contributed by atoms with Crippen molar-refractivity contribution in [3.63, 3.8) is 0 Å². The van der Waals surface area contributed by atoms with Gasteiger partial charge in [0.05, 0.1) is 13.7 Å². The molecule has 1 amide bonds. The van der Waals surface area contributed by atoms with Gasteiger partial charge in [-0.2, -0.15) is 0 Å². The molecule has 0 radical (unpaired) electrons. The normalized spacial score (nSPS) is 16.6. The Kier molecular flexibility index (Phi) is 6.71. The first-order chi connectivity index (χ1) is 11.1. The summed E-state index contributed by atoms with van der Waals surface area (Å²) in [4.78, 5) is 11.9. The summed E-state index contributed by atoms with van der Waals surface area (Å²) in [5, 5.41) is 6.42. The molecule has 1 heterocycles. The van der Waals surface area contributed by atoms with E-state index in [1.165, 1.54) is 0 Å². The van der Waals surface area contributed by atoms with Gasteiger partial charge >= 0.3 is 0 Å². The van der Waals surface area contributed by atoms with Crippen LogP contribution in [-0.4, -0.2) is 39.3 Å². The number of carbonyl (C=O) groups is 1. The van der Waals surface area contributed by atoms with Crippen LogP contribution in [0.1, 0.15) is 32.6 Å². The number of hydrogen-bond donors (Lipinski definition) is 2. The van der Waals surface area contributed by atoms with Gasteiger partial charge in [-0.15, -0.1) is 0 Å². The molecule has 0 atom stereocenters. The van der Waals surface area contributed by atoms with E-state index in [9.17, 15) is 4.79 Å². The highest BCUT2D eigenvalue weighted by atomic mass is 16.5. The van der Waals surface area contributed by atoms with Crippen LogP contribution >= 0.6 is 0 Å². The molecule has 23 heavy (non-hydrogen) atoms. The zero-order valence-electron chi connectivity index (χ0n) is 14.2. The number of hydrogen-bond acceptors (Lipinski definition) is 4.